The quantitative estimate of drug-likeness (QED) is 0.343. The van der Waals surface area contributed by atoms with Gasteiger partial charge in [-0.25, -0.2) is 4.39 Å². The largest absolute Gasteiger partial charge is 0.487 e. The summed E-state index contributed by atoms with van der Waals surface area (Å²) in [7, 11) is 0. The Kier molecular flexibility index (Phi) is 8.74. The average Bonchev–Trinajstić information content (AvgIpc) is 3.45. The Morgan fingerprint density at radius 1 is 0.946 bits per heavy atom. The van der Waals surface area contributed by atoms with E-state index in [4.69, 9.17) is 9.84 Å². The van der Waals surface area contributed by atoms with Crippen LogP contribution in [0.4, 0.5) is 14.5 Å². The molecule has 9 heteroatoms. The van der Waals surface area contributed by atoms with Crippen LogP contribution in [-0.2, 0) is 4.79 Å². The summed E-state index contributed by atoms with van der Waals surface area (Å²) in [4.78, 5) is 38.2. The number of nitrogens with one attached hydrogen (secondary N) is 1. The second kappa shape index (κ2) is 12.2. The number of anilines is 1. The van der Waals surface area contributed by atoms with Gasteiger partial charge in [0, 0.05) is 37.3 Å². The number of aliphatic carboxylic acids is 1. The zero-order valence-electron chi connectivity index (χ0n) is 20.7. The van der Waals surface area contributed by atoms with E-state index in [1.165, 1.54) is 25.0 Å². The number of Topliss-reactive ketones (excluding diaryl/α,β-unsaturated/α-hetero) is 1. The highest BCUT2D eigenvalue weighted by Gasteiger charge is 2.28. The Hall–Kier alpha value is -3.49. The highest BCUT2D eigenvalue weighted by molar-refractivity contribution is 5.97. The summed E-state index contributed by atoms with van der Waals surface area (Å²) in [5.41, 5.74) is 1.26. The number of ether oxygens (including phenoxy) is 1. The van der Waals surface area contributed by atoms with E-state index < -0.39 is 35.4 Å². The van der Waals surface area contributed by atoms with E-state index in [2.05, 4.69) is 10.2 Å². The maximum Gasteiger partial charge on any atom is 0.306 e. The predicted molar refractivity (Wildman–Crippen MR) is 134 cm³/mol. The van der Waals surface area contributed by atoms with Crippen LogP contribution >= 0.6 is 0 Å². The van der Waals surface area contributed by atoms with Crippen LogP contribution in [0.25, 0.3) is 0 Å². The molecular formula is C28H32F2N2O5. The third-order valence-electron chi connectivity index (χ3n) is 7.13. The lowest BCUT2D eigenvalue weighted by Gasteiger charge is -2.27. The van der Waals surface area contributed by atoms with Gasteiger partial charge < -0.3 is 20.1 Å². The van der Waals surface area contributed by atoms with Crippen molar-refractivity contribution in [3.8, 4) is 5.75 Å². The highest BCUT2D eigenvalue weighted by atomic mass is 19.2. The predicted octanol–water partition coefficient (Wildman–Crippen LogP) is 4.98. The van der Waals surface area contributed by atoms with Crippen molar-refractivity contribution in [2.75, 3.05) is 24.5 Å². The first-order valence-electron chi connectivity index (χ1n) is 12.9. The first kappa shape index (κ1) is 26.6. The minimum Gasteiger partial charge on any atom is -0.487 e. The van der Waals surface area contributed by atoms with Gasteiger partial charge in [0.1, 0.15) is 0 Å². The van der Waals surface area contributed by atoms with Crippen LogP contribution in [0.5, 0.6) is 5.75 Å². The minimum absolute atomic E-state index is 0.0516. The molecule has 2 aromatic carbocycles. The maximum atomic E-state index is 14.6. The molecule has 2 aromatic rings. The van der Waals surface area contributed by atoms with Gasteiger partial charge in [-0.3, -0.25) is 14.4 Å². The molecule has 0 spiro atoms. The number of amides is 1. The van der Waals surface area contributed by atoms with Gasteiger partial charge in [-0.1, -0.05) is 0 Å². The molecule has 37 heavy (non-hydrogen) atoms. The summed E-state index contributed by atoms with van der Waals surface area (Å²) >= 11 is 0. The number of nitrogens with zero attached hydrogens (tertiary/aromatic N) is 1. The van der Waals surface area contributed by atoms with Gasteiger partial charge in [0.25, 0.3) is 5.91 Å². The number of carboxylic acid groups (broad SMARTS) is 1. The van der Waals surface area contributed by atoms with Crippen LogP contribution in [0.15, 0.2) is 36.4 Å². The van der Waals surface area contributed by atoms with Gasteiger partial charge in [-0.05, 0) is 81.3 Å². The fourth-order valence-corrected chi connectivity index (χ4v) is 4.93. The third kappa shape index (κ3) is 6.64. The number of carbonyl (C=O) groups excluding carboxylic acids is 2. The van der Waals surface area contributed by atoms with Gasteiger partial charge in [0.2, 0.25) is 5.82 Å². The molecule has 1 saturated carbocycles. The Bertz CT molecular complexity index is 1120. The van der Waals surface area contributed by atoms with Crippen LogP contribution in [0, 0.1) is 17.6 Å². The average molecular weight is 515 g/mol. The highest BCUT2D eigenvalue weighted by Crippen LogP contribution is 2.31. The summed E-state index contributed by atoms with van der Waals surface area (Å²) in [6.45, 7) is 2.27. The molecule has 7 nitrogen and oxygen atoms in total. The molecule has 0 atom stereocenters. The molecule has 1 aliphatic heterocycles. The second-order valence-electron chi connectivity index (χ2n) is 9.69. The number of hydrogen-bond donors (Lipinski definition) is 2. The summed E-state index contributed by atoms with van der Waals surface area (Å²) in [6.07, 6.45) is 3.89. The van der Waals surface area contributed by atoms with E-state index in [0.717, 1.165) is 18.8 Å². The molecule has 1 heterocycles. The smallest absolute Gasteiger partial charge is 0.306 e. The lowest BCUT2D eigenvalue weighted by Crippen LogP contribution is -2.28. The lowest BCUT2D eigenvalue weighted by molar-refractivity contribution is -0.143. The topological polar surface area (TPSA) is 95.9 Å². The SMILES string of the molecule is O=C(NCCCC(=O)c1ccc(OC2CCC(C(=O)O)CC2)c(F)c1F)c1ccc(N2CCCC2)cc1. The number of halogens is 2. The number of benzene rings is 2. The van der Waals surface area contributed by atoms with E-state index in [-0.39, 0.29) is 36.6 Å². The number of carboxylic acids is 1. The van der Waals surface area contributed by atoms with Crippen molar-refractivity contribution in [3.63, 3.8) is 0 Å². The third-order valence-corrected chi connectivity index (χ3v) is 7.13. The minimum atomic E-state index is -1.26. The molecule has 0 aromatic heterocycles. The van der Waals surface area contributed by atoms with E-state index in [1.54, 1.807) is 12.1 Å². The molecule has 2 fully saturated rings. The summed E-state index contributed by atoms with van der Waals surface area (Å²) in [5.74, 6) is -4.88. The molecular weight excluding hydrogens is 482 g/mol. The zero-order chi connectivity index (χ0) is 26.4. The summed E-state index contributed by atoms with van der Waals surface area (Å²) in [6, 6.07) is 9.84. The Labute approximate surface area is 214 Å². The van der Waals surface area contributed by atoms with Gasteiger partial charge in [-0.2, -0.15) is 4.39 Å². The first-order valence-corrected chi connectivity index (χ1v) is 12.9. The molecule has 0 radical (unpaired) electrons. The number of carbonyl (C=O) groups is 3. The van der Waals surface area contributed by atoms with Crippen LogP contribution < -0.4 is 15.0 Å². The first-order chi connectivity index (χ1) is 17.8. The van der Waals surface area contributed by atoms with Crippen molar-refractivity contribution in [1.82, 2.24) is 5.32 Å². The maximum absolute atomic E-state index is 14.6. The Morgan fingerprint density at radius 3 is 2.27 bits per heavy atom. The number of rotatable bonds is 10. The monoisotopic (exact) mass is 514 g/mol. The van der Waals surface area contributed by atoms with Gasteiger partial charge in [0.15, 0.2) is 17.3 Å². The normalized spacial score (nSPS) is 19.5. The van der Waals surface area contributed by atoms with Crippen molar-refractivity contribution < 1.29 is 33.0 Å². The fourth-order valence-electron chi connectivity index (χ4n) is 4.93. The molecule has 1 amide bonds. The molecule has 4 rings (SSSR count). The van der Waals surface area contributed by atoms with Gasteiger partial charge in [0.05, 0.1) is 17.6 Å². The summed E-state index contributed by atoms with van der Waals surface area (Å²) < 4.78 is 34.8. The number of hydrogen-bond acceptors (Lipinski definition) is 5. The molecule has 0 unspecified atom stereocenters. The van der Waals surface area contributed by atoms with E-state index in [9.17, 15) is 23.2 Å². The van der Waals surface area contributed by atoms with Crippen LogP contribution in [0.2, 0.25) is 0 Å². The number of ketones is 1. The Balaban J connectivity index is 1.23. The van der Waals surface area contributed by atoms with Crippen LogP contribution in [0.3, 0.4) is 0 Å². The molecule has 0 bridgehead atoms. The van der Waals surface area contributed by atoms with Crippen molar-refractivity contribution >= 4 is 23.3 Å². The molecule has 2 aliphatic rings. The molecule has 2 N–H and O–H groups in total. The van der Waals surface area contributed by atoms with E-state index >= 15 is 0 Å². The molecule has 198 valence electrons. The second-order valence-corrected chi connectivity index (χ2v) is 9.69. The van der Waals surface area contributed by atoms with Crippen molar-refractivity contribution in [2.24, 2.45) is 5.92 Å². The van der Waals surface area contributed by atoms with E-state index in [0.29, 0.717) is 31.2 Å². The fraction of sp³-hybridized carbons (Fsp3) is 0.464. The van der Waals surface area contributed by atoms with E-state index in [1.807, 2.05) is 12.1 Å². The van der Waals surface area contributed by atoms with Gasteiger partial charge in [-0.15, -0.1) is 0 Å². The molecule has 1 saturated heterocycles. The van der Waals surface area contributed by atoms with Crippen molar-refractivity contribution in [3.05, 3.63) is 59.2 Å². The zero-order valence-corrected chi connectivity index (χ0v) is 20.7. The van der Waals surface area contributed by atoms with Crippen molar-refractivity contribution in [1.29, 1.82) is 0 Å². The summed E-state index contributed by atoms with van der Waals surface area (Å²) in [5, 5.41) is 11.8. The Morgan fingerprint density at radius 2 is 1.62 bits per heavy atom. The molecule has 1 aliphatic carbocycles. The van der Waals surface area contributed by atoms with Crippen LogP contribution in [-0.4, -0.2) is 48.5 Å². The lowest BCUT2D eigenvalue weighted by atomic mass is 9.87. The van der Waals surface area contributed by atoms with Gasteiger partial charge >= 0.3 is 5.97 Å². The standard InChI is InChI=1S/C28H32F2N2O5/c29-25-22(13-14-24(26(25)30)37-21-11-7-19(8-12-21)28(35)36)23(33)4-3-15-31-27(34)18-5-9-20(10-6-18)32-16-1-2-17-32/h5-6,9-10,13-14,19,21H,1-4,7-8,11-12,15-17H2,(H,31,34)(H,35,36). The van der Waals surface area contributed by atoms with Crippen molar-refractivity contribution in [2.45, 2.75) is 57.5 Å². The van der Waals surface area contributed by atoms with Crippen LogP contribution in [0.1, 0.15) is 72.1 Å².